The molecule has 1 aliphatic rings. The van der Waals surface area contributed by atoms with Crippen molar-refractivity contribution in [1.82, 2.24) is 4.90 Å². The molecule has 1 heterocycles. The molecule has 100 valence electrons. The van der Waals surface area contributed by atoms with Crippen LogP contribution in [-0.4, -0.2) is 11.4 Å². The van der Waals surface area contributed by atoms with Crippen LogP contribution in [0.3, 0.4) is 0 Å². The van der Waals surface area contributed by atoms with Crippen molar-refractivity contribution in [2.24, 2.45) is 0 Å². The molecule has 0 unspecified atom stereocenters. The van der Waals surface area contributed by atoms with Gasteiger partial charge in [0.2, 0.25) is 0 Å². The van der Waals surface area contributed by atoms with Crippen molar-refractivity contribution in [3.63, 3.8) is 0 Å². The first-order valence-corrected chi connectivity index (χ1v) is 6.83. The summed E-state index contributed by atoms with van der Waals surface area (Å²) in [4.78, 5) is 2.30. The van der Waals surface area contributed by atoms with E-state index in [-0.39, 0.29) is 0 Å². The van der Waals surface area contributed by atoms with Crippen LogP contribution in [0.25, 0.3) is 5.57 Å². The zero-order valence-corrected chi connectivity index (χ0v) is 11.4. The minimum absolute atomic E-state index is 0.805. The van der Waals surface area contributed by atoms with Crippen molar-refractivity contribution < 1.29 is 0 Å². The summed E-state index contributed by atoms with van der Waals surface area (Å²) in [7, 11) is 0. The number of hydrogen-bond donors (Lipinski definition) is 1. The molecule has 0 aliphatic carbocycles. The Morgan fingerprint density at radius 1 is 0.950 bits per heavy atom. The van der Waals surface area contributed by atoms with E-state index in [2.05, 4.69) is 65.7 Å². The molecular formula is C18H18N2. The van der Waals surface area contributed by atoms with Gasteiger partial charge in [0, 0.05) is 25.0 Å². The van der Waals surface area contributed by atoms with E-state index in [1.54, 1.807) is 0 Å². The summed E-state index contributed by atoms with van der Waals surface area (Å²) in [6, 6.07) is 18.6. The van der Waals surface area contributed by atoms with Crippen LogP contribution in [0.15, 0.2) is 72.9 Å². The maximum absolute atomic E-state index is 5.72. The average Bonchev–Trinajstić information content (AvgIpc) is 2.50. The van der Waals surface area contributed by atoms with E-state index in [1.165, 1.54) is 16.7 Å². The van der Waals surface area contributed by atoms with E-state index in [4.69, 9.17) is 5.73 Å². The van der Waals surface area contributed by atoms with E-state index in [9.17, 15) is 0 Å². The lowest BCUT2D eigenvalue weighted by atomic mass is 10.0. The number of hydrogen-bond acceptors (Lipinski definition) is 2. The molecule has 0 amide bonds. The second kappa shape index (κ2) is 5.66. The Hall–Kier alpha value is -2.48. The van der Waals surface area contributed by atoms with Crippen LogP contribution in [0.2, 0.25) is 0 Å². The number of nitrogen functional groups attached to an aromatic ring is 1. The molecule has 2 aromatic carbocycles. The molecule has 3 rings (SSSR count). The van der Waals surface area contributed by atoms with Crippen molar-refractivity contribution in [3.05, 3.63) is 84.1 Å². The number of anilines is 1. The fourth-order valence-electron chi connectivity index (χ4n) is 2.36. The van der Waals surface area contributed by atoms with Gasteiger partial charge in [0.15, 0.2) is 0 Å². The van der Waals surface area contributed by atoms with Gasteiger partial charge in [0.1, 0.15) is 0 Å². The predicted octanol–water partition coefficient (Wildman–Crippen LogP) is 3.68. The Balaban J connectivity index is 1.67. The van der Waals surface area contributed by atoms with Gasteiger partial charge in [-0.1, -0.05) is 48.5 Å². The second-order valence-corrected chi connectivity index (χ2v) is 5.01. The number of rotatable bonds is 3. The zero-order valence-electron chi connectivity index (χ0n) is 11.4. The fourth-order valence-corrected chi connectivity index (χ4v) is 2.36. The number of nitrogens with two attached hydrogens (primary N) is 1. The standard InChI is InChI=1S/C18H18N2/c19-18-8-6-16(7-9-18)17-10-12-20(13-11-17)14-15-4-2-1-3-5-15/h1-12H,13-14,19H2. The molecule has 0 radical (unpaired) electrons. The van der Waals surface area contributed by atoms with Crippen LogP contribution in [0.1, 0.15) is 11.1 Å². The van der Waals surface area contributed by atoms with Crippen LogP contribution in [0, 0.1) is 0 Å². The lowest BCUT2D eigenvalue weighted by Crippen LogP contribution is -2.19. The van der Waals surface area contributed by atoms with E-state index in [0.29, 0.717) is 0 Å². The number of nitrogens with zero attached hydrogens (tertiary/aromatic N) is 1. The van der Waals surface area contributed by atoms with E-state index < -0.39 is 0 Å². The van der Waals surface area contributed by atoms with E-state index in [0.717, 1.165) is 18.8 Å². The summed E-state index contributed by atoms with van der Waals surface area (Å²) in [5.74, 6) is 0. The lowest BCUT2D eigenvalue weighted by Gasteiger charge is -2.23. The molecule has 0 atom stereocenters. The topological polar surface area (TPSA) is 29.3 Å². The van der Waals surface area contributed by atoms with Crippen LogP contribution in [-0.2, 0) is 6.54 Å². The quantitative estimate of drug-likeness (QED) is 0.855. The van der Waals surface area contributed by atoms with Crippen LogP contribution < -0.4 is 5.73 Å². The number of benzene rings is 2. The van der Waals surface area contributed by atoms with Gasteiger partial charge in [-0.15, -0.1) is 0 Å². The highest BCUT2D eigenvalue weighted by Crippen LogP contribution is 2.21. The van der Waals surface area contributed by atoms with Crippen LogP contribution >= 0.6 is 0 Å². The first kappa shape index (κ1) is 12.5. The first-order chi connectivity index (χ1) is 9.81. The largest absolute Gasteiger partial charge is 0.399 e. The van der Waals surface area contributed by atoms with Crippen molar-refractivity contribution in [3.8, 4) is 0 Å². The molecular weight excluding hydrogens is 244 g/mol. The SMILES string of the molecule is Nc1ccc(C2=CCN(Cc3ccccc3)C=C2)cc1. The third-order valence-corrected chi connectivity index (χ3v) is 3.48. The molecule has 20 heavy (non-hydrogen) atoms. The highest BCUT2D eigenvalue weighted by atomic mass is 15.1. The average molecular weight is 262 g/mol. The third-order valence-electron chi connectivity index (χ3n) is 3.48. The Morgan fingerprint density at radius 3 is 2.35 bits per heavy atom. The summed E-state index contributed by atoms with van der Waals surface area (Å²) < 4.78 is 0. The Bertz CT molecular complexity index is 624. The molecule has 2 nitrogen and oxygen atoms in total. The van der Waals surface area contributed by atoms with Crippen molar-refractivity contribution in [2.75, 3.05) is 12.3 Å². The van der Waals surface area contributed by atoms with Crippen LogP contribution in [0.5, 0.6) is 0 Å². The summed E-state index contributed by atoms with van der Waals surface area (Å²) in [5.41, 5.74) is 10.3. The molecule has 0 saturated heterocycles. The molecule has 0 spiro atoms. The third kappa shape index (κ3) is 2.91. The number of allylic oxidation sites excluding steroid dienone is 2. The van der Waals surface area contributed by atoms with Gasteiger partial charge >= 0.3 is 0 Å². The van der Waals surface area contributed by atoms with Crippen molar-refractivity contribution in [1.29, 1.82) is 0 Å². The highest BCUT2D eigenvalue weighted by molar-refractivity contribution is 5.75. The molecule has 1 aliphatic heterocycles. The Kier molecular flexibility index (Phi) is 3.55. The normalized spacial score (nSPS) is 14.2. The summed E-state index contributed by atoms with van der Waals surface area (Å²) in [5, 5.41) is 0. The van der Waals surface area contributed by atoms with Crippen molar-refractivity contribution >= 4 is 11.3 Å². The summed E-state index contributed by atoms with van der Waals surface area (Å²) in [6.45, 7) is 1.88. The summed E-state index contributed by atoms with van der Waals surface area (Å²) in [6.07, 6.45) is 6.59. The Labute approximate surface area is 119 Å². The van der Waals surface area contributed by atoms with Gasteiger partial charge < -0.3 is 10.6 Å². The molecule has 2 aromatic rings. The maximum atomic E-state index is 5.72. The zero-order chi connectivity index (χ0) is 13.8. The molecule has 0 fully saturated rings. The Morgan fingerprint density at radius 2 is 1.70 bits per heavy atom. The van der Waals surface area contributed by atoms with Gasteiger partial charge in [0.05, 0.1) is 0 Å². The van der Waals surface area contributed by atoms with Crippen molar-refractivity contribution in [2.45, 2.75) is 6.54 Å². The first-order valence-electron chi connectivity index (χ1n) is 6.83. The monoisotopic (exact) mass is 262 g/mol. The fraction of sp³-hybridized carbons (Fsp3) is 0.111. The van der Waals surface area contributed by atoms with Gasteiger partial charge in [-0.25, -0.2) is 0 Å². The van der Waals surface area contributed by atoms with Gasteiger partial charge in [0.25, 0.3) is 0 Å². The molecule has 0 saturated carbocycles. The molecule has 2 N–H and O–H groups in total. The summed E-state index contributed by atoms with van der Waals surface area (Å²) >= 11 is 0. The van der Waals surface area contributed by atoms with E-state index >= 15 is 0 Å². The second-order valence-electron chi connectivity index (χ2n) is 5.01. The highest BCUT2D eigenvalue weighted by Gasteiger charge is 2.06. The minimum Gasteiger partial charge on any atom is -0.399 e. The van der Waals surface area contributed by atoms with Gasteiger partial charge in [-0.2, -0.15) is 0 Å². The smallest absolute Gasteiger partial charge is 0.0427 e. The van der Waals surface area contributed by atoms with E-state index in [1.807, 2.05) is 12.1 Å². The minimum atomic E-state index is 0.805. The lowest BCUT2D eigenvalue weighted by molar-refractivity contribution is 0.406. The molecule has 0 aromatic heterocycles. The van der Waals surface area contributed by atoms with Crippen LogP contribution in [0.4, 0.5) is 5.69 Å². The van der Waals surface area contributed by atoms with Gasteiger partial charge in [-0.05, 0) is 34.9 Å². The molecule has 0 bridgehead atoms. The molecule has 2 heteroatoms. The maximum Gasteiger partial charge on any atom is 0.0427 e. The van der Waals surface area contributed by atoms with Gasteiger partial charge in [-0.3, -0.25) is 0 Å². The predicted molar refractivity (Wildman–Crippen MR) is 84.8 cm³/mol.